The lowest BCUT2D eigenvalue weighted by molar-refractivity contribution is 0.682. The Morgan fingerprint density at radius 3 is 2.63 bits per heavy atom. The van der Waals surface area contributed by atoms with E-state index in [2.05, 4.69) is 15.9 Å². The molecule has 0 spiro atoms. The van der Waals surface area contributed by atoms with Crippen molar-refractivity contribution in [1.29, 1.82) is 0 Å². The van der Waals surface area contributed by atoms with Crippen LogP contribution in [-0.2, 0) is 16.6 Å². The molecule has 19 heavy (non-hydrogen) atoms. The summed E-state index contributed by atoms with van der Waals surface area (Å²) in [5, 5.41) is 0.946. The van der Waals surface area contributed by atoms with Crippen molar-refractivity contribution >= 4 is 55.6 Å². The van der Waals surface area contributed by atoms with E-state index in [0.717, 1.165) is 10.0 Å². The van der Waals surface area contributed by atoms with Crippen LogP contribution in [0.4, 0.5) is 5.69 Å². The van der Waals surface area contributed by atoms with Gasteiger partial charge in [-0.2, -0.15) is 0 Å². The maximum absolute atomic E-state index is 12.4. The molecule has 0 amide bonds. The van der Waals surface area contributed by atoms with Crippen LogP contribution in [0.5, 0.6) is 0 Å². The van der Waals surface area contributed by atoms with Gasteiger partial charge < -0.3 is 5.73 Å². The van der Waals surface area contributed by atoms with Gasteiger partial charge in [0.05, 0.1) is 26.5 Å². The number of rotatable bonds is 3. The molecule has 0 aliphatic carbocycles. The summed E-state index contributed by atoms with van der Waals surface area (Å²) in [7, 11) is -1.30. The number of halogens is 3. The van der Waals surface area contributed by atoms with Gasteiger partial charge in [0.1, 0.15) is 0 Å². The third-order valence-electron chi connectivity index (χ3n) is 2.57. The quantitative estimate of drug-likeness (QED) is 0.790. The highest BCUT2D eigenvalue weighted by atomic mass is 79.9. The van der Waals surface area contributed by atoms with E-state index in [1.165, 1.54) is 0 Å². The van der Waals surface area contributed by atoms with Gasteiger partial charge in [0.25, 0.3) is 0 Å². The first-order chi connectivity index (χ1) is 8.99. The molecule has 2 rings (SSSR count). The molecule has 2 N–H and O–H groups in total. The Hall–Kier alpha value is -0.550. The molecular formula is C13H10BrCl2NOS. The first-order valence-electron chi connectivity index (χ1n) is 5.35. The van der Waals surface area contributed by atoms with E-state index in [1.807, 2.05) is 12.1 Å². The van der Waals surface area contributed by atoms with Gasteiger partial charge in [-0.15, -0.1) is 0 Å². The van der Waals surface area contributed by atoms with Gasteiger partial charge in [-0.05, 0) is 30.3 Å². The molecule has 0 aliphatic rings. The Morgan fingerprint density at radius 2 is 1.95 bits per heavy atom. The zero-order chi connectivity index (χ0) is 14.0. The lowest BCUT2D eigenvalue weighted by atomic mass is 10.2. The molecule has 0 saturated heterocycles. The molecular weight excluding hydrogens is 369 g/mol. The standard InChI is InChI=1S/C13H10BrCl2NOS/c14-10-2-1-3-12(17)9(10)7-19(18)13-6-8(15)4-5-11(13)16/h1-6H,7,17H2. The second kappa shape index (κ2) is 6.27. The minimum Gasteiger partial charge on any atom is -0.398 e. The average molecular weight is 379 g/mol. The van der Waals surface area contributed by atoms with E-state index in [1.54, 1.807) is 24.3 Å². The molecule has 0 bridgehead atoms. The monoisotopic (exact) mass is 377 g/mol. The van der Waals surface area contributed by atoms with Crippen LogP contribution in [0.15, 0.2) is 45.8 Å². The van der Waals surface area contributed by atoms with Crippen molar-refractivity contribution < 1.29 is 4.21 Å². The minimum atomic E-state index is -1.30. The van der Waals surface area contributed by atoms with E-state index in [4.69, 9.17) is 28.9 Å². The van der Waals surface area contributed by atoms with Crippen LogP contribution in [-0.4, -0.2) is 4.21 Å². The largest absolute Gasteiger partial charge is 0.398 e. The third kappa shape index (κ3) is 3.51. The minimum absolute atomic E-state index is 0.285. The number of benzene rings is 2. The maximum atomic E-state index is 12.4. The highest BCUT2D eigenvalue weighted by Crippen LogP contribution is 2.29. The normalized spacial score (nSPS) is 12.4. The second-order valence-electron chi connectivity index (χ2n) is 3.87. The Bertz CT molecular complexity index is 628. The van der Waals surface area contributed by atoms with Crippen LogP contribution >= 0.6 is 39.1 Å². The summed E-state index contributed by atoms with van der Waals surface area (Å²) in [4.78, 5) is 0.518. The molecule has 0 aromatic heterocycles. The highest BCUT2D eigenvalue weighted by molar-refractivity contribution is 9.10. The molecule has 0 fully saturated rings. The first kappa shape index (κ1) is 14.9. The van der Waals surface area contributed by atoms with Crippen LogP contribution in [0.3, 0.4) is 0 Å². The summed E-state index contributed by atoms with van der Waals surface area (Å²) >= 11 is 15.3. The van der Waals surface area contributed by atoms with Crippen LogP contribution in [0.1, 0.15) is 5.56 Å². The van der Waals surface area contributed by atoms with Gasteiger partial charge >= 0.3 is 0 Å². The Labute approximate surface area is 132 Å². The zero-order valence-corrected chi connectivity index (χ0v) is 13.6. The van der Waals surface area contributed by atoms with Gasteiger partial charge in [-0.3, -0.25) is 4.21 Å². The van der Waals surface area contributed by atoms with E-state index in [-0.39, 0.29) is 5.75 Å². The molecule has 2 aromatic carbocycles. The van der Waals surface area contributed by atoms with Crippen molar-refractivity contribution in [3.05, 3.63) is 56.5 Å². The predicted molar refractivity (Wildman–Crippen MR) is 85.1 cm³/mol. The van der Waals surface area contributed by atoms with Crippen molar-refractivity contribution in [1.82, 2.24) is 0 Å². The molecule has 0 radical (unpaired) electrons. The number of hydrogen-bond acceptors (Lipinski definition) is 2. The topological polar surface area (TPSA) is 43.1 Å². The predicted octanol–water partition coefficient (Wildman–Crippen LogP) is 4.65. The van der Waals surface area contributed by atoms with Gasteiger partial charge in [-0.1, -0.05) is 45.2 Å². The van der Waals surface area contributed by atoms with Crippen molar-refractivity contribution in [2.45, 2.75) is 10.6 Å². The van der Waals surface area contributed by atoms with Crippen molar-refractivity contribution in [3.63, 3.8) is 0 Å². The molecule has 100 valence electrons. The Morgan fingerprint density at radius 1 is 1.21 bits per heavy atom. The number of nitrogen functional groups attached to an aromatic ring is 1. The molecule has 0 saturated carbocycles. The molecule has 2 aromatic rings. The average Bonchev–Trinajstić information content (AvgIpc) is 2.37. The molecule has 6 heteroatoms. The highest BCUT2D eigenvalue weighted by Gasteiger charge is 2.13. The van der Waals surface area contributed by atoms with Crippen LogP contribution in [0, 0.1) is 0 Å². The van der Waals surface area contributed by atoms with E-state index >= 15 is 0 Å². The molecule has 1 atom stereocenters. The van der Waals surface area contributed by atoms with E-state index < -0.39 is 10.8 Å². The maximum Gasteiger partial charge on any atom is 0.0592 e. The fourth-order valence-electron chi connectivity index (χ4n) is 1.59. The van der Waals surface area contributed by atoms with Crippen molar-refractivity contribution in [2.75, 3.05) is 5.73 Å². The fourth-order valence-corrected chi connectivity index (χ4v) is 4.19. The lowest BCUT2D eigenvalue weighted by Crippen LogP contribution is -2.02. The fraction of sp³-hybridized carbons (Fsp3) is 0.0769. The molecule has 0 aliphatic heterocycles. The SMILES string of the molecule is Nc1cccc(Br)c1CS(=O)c1cc(Cl)ccc1Cl. The number of hydrogen-bond donors (Lipinski definition) is 1. The van der Waals surface area contributed by atoms with E-state index in [0.29, 0.717) is 20.6 Å². The number of anilines is 1. The molecule has 2 nitrogen and oxygen atoms in total. The number of nitrogens with two attached hydrogens (primary N) is 1. The van der Waals surface area contributed by atoms with Crippen LogP contribution in [0.25, 0.3) is 0 Å². The van der Waals surface area contributed by atoms with Gasteiger partial charge in [0, 0.05) is 20.7 Å². The van der Waals surface area contributed by atoms with Gasteiger partial charge in [-0.25, -0.2) is 0 Å². The van der Waals surface area contributed by atoms with Crippen LogP contribution < -0.4 is 5.73 Å². The summed E-state index contributed by atoms with van der Waals surface area (Å²) in [5.41, 5.74) is 7.29. The lowest BCUT2D eigenvalue weighted by Gasteiger charge is -2.09. The summed E-state index contributed by atoms with van der Waals surface area (Å²) in [6.45, 7) is 0. The summed E-state index contributed by atoms with van der Waals surface area (Å²) in [6, 6.07) is 10.4. The Balaban J connectivity index is 2.34. The van der Waals surface area contributed by atoms with Gasteiger partial charge in [0.2, 0.25) is 0 Å². The summed E-state index contributed by atoms with van der Waals surface area (Å²) in [5.74, 6) is 0.285. The van der Waals surface area contributed by atoms with E-state index in [9.17, 15) is 4.21 Å². The Kier molecular flexibility index (Phi) is 4.90. The second-order valence-corrected chi connectivity index (χ2v) is 6.99. The molecule has 1 unspecified atom stereocenters. The van der Waals surface area contributed by atoms with Crippen LogP contribution in [0.2, 0.25) is 10.0 Å². The van der Waals surface area contributed by atoms with Gasteiger partial charge in [0.15, 0.2) is 0 Å². The molecule has 0 heterocycles. The first-order valence-corrected chi connectivity index (χ1v) is 8.22. The summed E-state index contributed by atoms with van der Waals surface area (Å²) < 4.78 is 13.2. The third-order valence-corrected chi connectivity index (χ3v) is 5.37. The summed E-state index contributed by atoms with van der Waals surface area (Å²) in [6.07, 6.45) is 0. The zero-order valence-electron chi connectivity index (χ0n) is 9.70. The van der Waals surface area contributed by atoms with Crippen molar-refractivity contribution in [2.24, 2.45) is 0 Å². The van der Waals surface area contributed by atoms with Crippen molar-refractivity contribution in [3.8, 4) is 0 Å². The smallest absolute Gasteiger partial charge is 0.0592 e.